The highest BCUT2D eigenvalue weighted by Crippen LogP contribution is 2.24. The number of phenolic OH excluding ortho intramolecular Hbond substituents is 1. The second-order valence-corrected chi connectivity index (χ2v) is 8.54. The molecule has 4 nitrogen and oxygen atoms in total. The van der Waals surface area contributed by atoms with E-state index < -0.39 is 0 Å². The second-order valence-electron chi connectivity index (χ2n) is 8.54. The second kappa shape index (κ2) is 11.8. The number of epoxide rings is 2. The molecule has 2 aliphatic rings. The van der Waals surface area contributed by atoms with E-state index in [2.05, 4.69) is 64.1 Å². The van der Waals surface area contributed by atoms with Gasteiger partial charge >= 0.3 is 0 Å². The van der Waals surface area contributed by atoms with E-state index in [0.29, 0.717) is 18.0 Å². The molecule has 32 heavy (non-hydrogen) atoms. The van der Waals surface area contributed by atoms with Crippen LogP contribution in [0.15, 0.2) is 66.7 Å². The van der Waals surface area contributed by atoms with Gasteiger partial charge in [0.25, 0.3) is 0 Å². The van der Waals surface area contributed by atoms with E-state index in [4.69, 9.17) is 19.3 Å². The molecular weight excluding hydrogens is 400 g/mol. The molecule has 2 saturated heterocycles. The Kier molecular flexibility index (Phi) is 8.86. The van der Waals surface area contributed by atoms with Gasteiger partial charge in [-0.05, 0) is 51.0 Å². The summed E-state index contributed by atoms with van der Waals surface area (Å²) >= 11 is 0. The summed E-state index contributed by atoms with van der Waals surface area (Å²) in [5.41, 5.74) is 7.96. The number of aryl methyl sites for hydroxylation is 4. The molecule has 2 fully saturated rings. The number of ether oxygens (including phenoxy) is 3. The normalized spacial score (nSPS) is 18.0. The first-order valence-electron chi connectivity index (χ1n) is 11.1. The number of aromatic hydroxyl groups is 1. The molecule has 2 unspecified atom stereocenters. The molecule has 0 amide bonds. The van der Waals surface area contributed by atoms with Crippen molar-refractivity contribution in [3.8, 4) is 16.9 Å². The predicted octanol–water partition coefficient (Wildman–Crippen LogP) is 5.78. The van der Waals surface area contributed by atoms with Crippen molar-refractivity contribution in [2.24, 2.45) is 0 Å². The van der Waals surface area contributed by atoms with Crippen molar-refractivity contribution in [1.29, 1.82) is 0 Å². The van der Waals surface area contributed by atoms with Crippen LogP contribution in [0.5, 0.6) is 5.75 Å². The van der Waals surface area contributed by atoms with Crippen molar-refractivity contribution in [2.45, 2.75) is 39.9 Å². The molecule has 2 aliphatic heterocycles. The third kappa shape index (κ3) is 9.23. The zero-order valence-corrected chi connectivity index (χ0v) is 19.5. The summed E-state index contributed by atoms with van der Waals surface area (Å²) in [4.78, 5) is 0. The maximum absolute atomic E-state index is 8.63. The summed E-state index contributed by atoms with van der Waals surface area (Å²) in [6, 6.07) is 22.1. The average molecular weight is 435 g/mol. The fraction of sp³-hybridized carbons (Fsp3) is 0.357. The highest BCUT2D eigenvalue weighted by molar-refractivity contribution is 5.66. The molecule has 5 rings (SSSR count). The third-order valence-corrected chi connectivity index (χ3v) is 4.95. The Hall–Kier alpha value is -2.66. The summed E-state index contributed by atoms with van der Waals surface area (Å²) < 4.78 is 15.1. The number of hydrogen-bond donors (Lipinski definition) is 1. The van der Waals surface area contributed by atoms with Gasteiger partial charge in [0.1, 0.15) is 18.0 Å². The van der Waals surface area contributed by atoms with Crippen LogP contribution < -0.4 is 0 Å². The number of benzene rings is 3. The van der Waals surface area contributed by atoms with Crippen LogP contribution in [0, 0.1) is 27.7 Å². The van der Waals surface area contributed by atoms with Gasteiger partial charge in [0, 0.05) is 0 Å². The van der Waals surface area contributed by atoms with Crippen LogP contribution in [-0.2, 0) is 14.2 Å². The van der Waals surface area contributed by atoms with E-state index >= 15 is 0 Å². The molecule has 0 saturated carbocycles. The molecule has 0 bridgehead atoms. The zero-order valence-electron chi connectivity index (χ0n) is 19.5. The van der Waals surface area contributed by atoms with Crippen molar-refractivity contribution >= 4 is 0 Å². The molecule has 1 N–H and O–H groups in total. The summed E-state index contributed by atoms with van der Waals surface area (Å²) in [5, 5.41) is 8.63. The van der Waals surface area contributed by atoms with Crippen LogP contribution in [0.3, 0.4) is 0 Å². The van der Waals surface area contributed by atoms with Gasteiger partial charge in [-0.2, -0.15) is 0 Å². The van der Waals surface area contributed by atoms with Gasteiger partial charge in [-0.15, -0.1) is 0 Å². The maximum Gasteiger partial charge on any atom is 0.115 e. The average Bonchev–Trinajstić information content (AvgIpc) is 3.64. The Balaban J connectivity index is 0.000000151. The van der Waals surface area contributed by atoms with Crippen LogP contribution >= 0.6 is 0 Å². The number of hydrogen-bond acceptors (Lipinski definition) is 4. The van der Waals surface area contributed by atoms with Gasteiger partial charge in [-0.25, -0.2) is 0 Å². The molecule has 0 spiro atoms. The Morgan fingerprint density at radius 3 is 1.34 bits per heavy atom. The Morgan fingerprint density at radius 1 is 0.688 bits per heavy atom. The molecule has 2 heterocycles. The van der Waals surface area contributed by atoms with Crippen molar-refractivity contribution < 1.29 is 19.3 Å². The smallest absolute Gasteiger partial charge is 0.115 e. The SMILES string of the molecule is C(OCC1CO1)C1CO1.Cc1cc(C)cc(-c2cc(C)cc(C)c2)c1.Oc1ccccc1. The summed E-state index contributed by atoms with van der Waals surface area (Å²) in [6.07, 6.45) is 0.785. The Bertz CT molecular complexity index is 874. The number of rotatable bonds is 5. The molecule has 0 radical (unpaired) electrons. The topological polar surface area (TPSA) is 54.5 Å². The standard InChI is InChI=1S/C16H18.C6H10O3.C6H6O/c1-11-5-12(2)8-15(7-11)16-9-13(3)6-14(4)10-16;1(5-3-8-5)7-2-6-4-9-6;7-6-4-2-1-3-5-6/h5-10H,1-4H3;5-6H,1-4H2;1-5,7H. The van der Waals surface area contributed by atoms with E-state index in [1.54, 1.807) is 24.3 Å². The van der Waals surface area contributed by atoms with Crippen LogP contribution in [0.1, 0.15) is 22.3 Å². The van der Waals surface area contributed by atoms with E-state index in [9.17, 15) is 0 Å². The van der Waals surface area contributed by atoms with E-state index in [1.165, 1.54) is 33.4 Å². The van der Waals surface area contributed by atoms with Gasteiger partial charge in [0.05, 0.1) is 26.4 Å². The fourth-order valence-electron chi connectivity index (χ4n) is 3.37. The zero-order chi connectivity index (χ0) is 22.9. The van der Waals surface area contributed by atoms with Gasteiger partial charge in [-0.1, -0.05) is 76.9 Å². The number of phenols is 1. The summed E-state index contributed by atoms with van der Waals surface area (Å²) in [6.45, 7) is 11.9. The fourth-order valence-corrected chi connectivity index (χ4v) is 3.37. The minimum Gasteiger partial charge on any atom is -0.508 e. The van der Waals surface area contributed by atoms with Crippen molar-refractivity contribution in [3.63, 3.8) is 0 Å². The highest BCUT2D eigenvalue weighted by atomic mass is 16.6. The molecule has 4 heteroatoms. The first-order valence-corrected chi connectivity index (χ1v) is 11.1. The highest BCUT2D eigenvalue weighted by Gasteiger charge is 2.26. The van der Waals surface area contributed by atoms with Crippen LogP contribution in [0.2, 0.25) is 0 Å². The largest absolute Gasteiger partial charge is 0.508 e. The quantitative estimate of drug-likeness (QED) is 0.517. The molecule has 2 atom stereocenters. The lowest BCUT2D eigenvalue weighted by Gasteiger charge is -2.07. The van der Waals surface area contributed by atoms with Crippen LogP contribution in [-0.4, -0.2) is 43.7 Å². The van der Waals surface area contributed by atoms with E-state index in [-0.39, 0.29) is 0 Å². The Morgan fingerprint density at radius 2 is 1.06 bits per heavy atom. The maximum atomic E-state index is 8.63. The minimum absolute atomic E-state index is 0.322. The van der Waals surface area contributed by atoms with E-state index in [0.717, 1.165) is 26.4 Å². The third-order valence-electron chi connectivity index (χ3n) is 4.95. The monoisotopic (exact) mass is 434 g/mol. The lowest BCUT2D eigenvalue weighted by atomic mass is 9.98. The molecule has 3 aromatic rings. The van der Waals surface area contributed by atoms with Crippen molar-refractivity contribution in [2.75, 3.05) is 26.4 Å². The van der Waals surface area contributed by atoms with Gasteiger partial charge in [0.15, 0.2) is 0 Å². The van der Waals surface area contributed by atoms with Crippen molar-refractivity contribution in [3.05, 3.63) is 89.0 Å². The predicted molar refractivity (Wildman–Crippen MR) is 129 cm³/mol. The molecular formula is C28H34O4. The number of para-hydroxylation sites is 1. The molecule has 0 aromatic heterocycles. The summed E-state index contributed by atoms with van der Waals surface area (Å²) in [7, 11) is 0. The van der Waals surface area contributed by atoms with E-state index in [1.807, 2.05) is 6.07 Å². The molecule has 0 aliphatic carbocycles. The molecule has 3 aromatic carbocycles. The van der Waals surface area contributed by atoms with Gasteiger partial charge < -0.3 is 19.3 Å². The van der Waals surface area contributed by atoms with Crippen LogP contribution in [0.25, 0.3) is 11.1 Å². The van der Waals surface area contributed by atoms with Gasteiger partial charge in [-0.3, -0.25) is 0 Å². The van der Waals surface area contributed by atoms with Crippen molar-refractivity contribution in [1.82, 2.24) is 0 Å². The minimum atomic E-state index is 0.322. The van der Waals surface area contributed by atoms with Gasteiger partial charge in [0.2, 0.25) is 0 Å². The molecule has 170 valence electrons. The lowest BCUT2D eigenvalue weighted by Crippen LogP contribution is -2.06. The Labute approximate surface area is 191 Å². The first kappa shape index (κ1) is 24.0. The van der Waals surface area contributed by atoms with Crippen LogP contribution in [0.4, 0.5) is 0 Å². The summed E-state index contributed by atoms with van der Waals surface area (Å²) in [5.74, 6) is 0.322. The lowest BCUT2D eigenvalue weighted by molar-refractivity contribution is 0.102. The first-order chi connectivity index (χ1) is 15.4.